The summed E-state index contributed by atoms with van der Waals surface area (Å²) < 4.78 is 10.8. The van der Waals surface area contributed by atoms with Crippen molar-refractivity contribution in [2.24, 2.45) is 0 Å². The topological polar surface area (TPSA) is 33.7 Å². The van der Waals surface area contributed by atoms with Gasteiger partial charge in [0.1, 0.15) is 0 Å². The van der Waals surface area contributed by atoms with E-state index in [1.165, 1.54) is 19.4 Å². The molecule has 4 heteroatoms. The Labute approximate surface area is 91.9 Å². The van der Waals surface area contributed by atoms with Crippen LogP contribution in [-0.4, -0.2) is 63.5 Å². The minimum absolute atomic E-state index is 0.247. The smallest absolute Gasteiger partial charge is 0.0971 e. The Morgan fingerprint density at radius 1 is 1.20 bits per heavy atom. The van der Waals surface area contributed by atoms with Gasteiger partial charge >= 0.3 is 0 Å². The molecule has 0 spiro atoms. The highest BCUT2D eigenvalue weighted by atomic mass is 16.5. The van der Waals surface area contributed by atoms with Gasteiger partial charge in [-0.3, -0.25) is 4.90 Å². The van der Waals surface area contributed by atoms with Crippen LogP contribution in [0.5, 0.6) is 0 Å². The molecule has 15 heavy (non-hydrogen) atoms. The molecule has 3 atom stereocenters. The van der Waals surface area contributed by atoms with E-state index in [1.807, 2.05) is 0 Å². The molecular weight excluding hydrogens is 192 g/mol. The number of likely N-dealkylation sites (tertiary alicyclic amines) is 1. The van der Waals surface area contributed by atoms with Gasteiger partial charge in [0.25, 0.3) is 0 Å². The van der Waals surface area contributed by atoms with Crippen LogP contribution in [0, 0.1) is 0 Å². The number of nitrogens with zero attached hydrogens (tertiary/aromatic N) is 1. The summed E-state index contributed by atoms with van der Waals surface area (Å²) in [5.41, 5.74) is 0. The van der Waals surface area contributed by atoms with Gasteiger partial charge < -0.3 is 14.8 Å². The summed E-state index contributed by atoms with van der Waals surface area (Å²) in [7, 11) is 3.54. The molecule has 4 nitrogen and oxygen atoms in total. The highest BCUT2D eigenvalue weighted by Gasteiger charge is 2.34. The zero-order valence-corrected chi connectivity index (χ0v) is 9.74. The zero-order chi connectivity index (χ0) is 10.7. The molecule has 2 aliphatic heterocycles. The van der Waals surface area contributed by atoms with Crippen molar-refractivity contribution in [3.05, 3.63) is 0 Å². The second-order valence-electron chi connectivity index (χ2n) is 4.56. The third-order valence-corrected chi connectivity index (χ3v) is 3.54. The summed E-state index contributed by atoms with van der Waals surface area (Å²) in [6.45, 7) is 4.33. The SMILES string of the molecule is COC1CN(C[C@@H]2CCCN2)CC1OC. The van der Waals surface area contributed by atoms with Crippen LogP contribution in [0.3, 0.4) is 0 Å². The second kappa shape index (κ2) is 5.25. The lowest BCUT2D eigenvalue weighted by molar-refractivity contribution is -0.00461. The van der Waals surface area contributed by atoms with Crippen molar-refractivity contribution in [3.8, 4) is 0 Å². The third-order valence-electron chi connectivity index (χ3n) is 3.54. The Balaban J connectivity index is 1.79. The molecule has 2 heterocycles. The van der Waals surface area contributed by atoms with Crippen LogP contribution >= 0.6 is 0 Å². The molecule has 0 saturated carbocycles. The van der Waals surface area contributed by atoms with E-state index >= 15 is 0 Å². The van der Waals surface area contributed by atoms with Crippen LogP contribution in [0.25, 0.3) is 0 Å². The summed E-state index contributed by atoms with van der Waals surface area (Å²) in [6, 6.07) is 0.679. The Bertz CT molecular complexity index is 183. The lowest BCUT2D eigenvalue weighted by Gasteiger charge is -2.19. The molecule has 2 fully saturated rings. The van der Waals surface area contributed by atoms with Crippen LogP contribution in [0.2, 0.25) is 0 Å². The monoisotopic (exact) mass is 214 g/mol. The largest absolute Gasteiger partial charge is 0.377 e. The van der Waals surface area contributed by atoms with Crippen LogP contribution in [0.4, 0.5) is 0 Å². The minimum Gasteiger partial charge on any atom is -0.377 e. The lowest BCUT2D eigenvalue weighted by Crippen LogP contribution is -2.37. The molecule has 0 bridgehead atoms. The maximum absolute atomic E-state index is 5.42. The van der Waals surface area contributed by atoms with E-state index < -0.39 is 0 Å². The molecular formula is C11H22N2O2. The van der Waals surface area contributed by atoms with Crippen LogP contribution in [-0.2, 0) is 9.47 Å². The van der Waals surface area contributed by atoms with Gasteiger partial charge in [0, 0.05) is 39.9 Å². The Morgan fingerprint density at radius 2 is 1.87 bits per heavy atom. The average molecular weight is 214 g/mol. The molecule has 0 radical (unpaired) electrons. The van der Waals surface area contributed by atoms with Crippen molar-refractivity contribution in [3.63, 3.8) is 0 Å². The Morgan fingerprint density at radius 3 is 2.33 bits per heavy atom. The quantitative estimate of drug-likeness (QED) is 0.719. The van der Waals surface area contributed by atoms with E-state index in [2.05, 4.69) is 10.2 Å². The number of hydrogen-bond acceptors (Lipinski definition) is 4. The molecule has 0 aromatic rings. The summed E-state index contributed by atoms with van der Waals surface area (Å²) >= 11 is 0. The normalized spacial score (nSPS) is 37.6. The predicted octanol–water partition coefficient (Wildman–Crippen LogP) is 0.0840. The van der Waals surface area contributed by atoms with Gasteiger partial charge in [0.05, 0.1) is 12.2 Å². The van der Waals surface area contributed by atoms with E-state index in [0.29, 0.717) is 6.04 Å². The van der Waals surface area contributed by atoms with E-state index in [9.17, 15) is 0 Å². The van der Waals surface area contributed by atoms with E-state index in [-0.39, 0.29) is 12.2 Å². The minimum atomic E-state index is 0.247. The first-order chi connectivity index (χ1) is 7.33. The number of hydrogen-bond donors (Lipinski definition) is 1. The van der Waals surface area contributed by atoms with Crippen molar-refractivity contribution >= 4 is 0 Å². The molecule has 2 saturated heterocycles. The van der Waals surface area contributed by atoms with Crippen molar-refractivity contribution in [1.82, 2.24) is 10.2 Å². The van der Waals surface area contributed by atoms with Crippen molar-refractivity contribution in [2.75, 3.05) is 40.4 Å². The molecule has 1 N–H and O–H groups in total. The van der Waals surface area contributed by atoms with Crippen molar-refractivity contribution < 1.29 is 9.47 Å². The fourth-order valence-electron chi connectivity index (χ4n) is 2.64. The molecule has 2 unspecified atom stereocenters. The van der Waals surface area contributed by atoms with Gasteiger partial charge in [-0.2, -0.15) is 0 Å². The number of nitrogens with one attached hydrogen (secondary N) is 1. The third kappa shape index (κ3) is 2.69. The summed E-state index contributed by atoms with van der Waals surface area (Å²) in [5.74, 6) is 0. The molecule has 2 aliphatic rings. The van der Waals surface area contributed by atoms with Crippen molar-refractivity contribution in [1.29, 1.82) is 0 Å². The molecule has 0 aromatic heterocycles. The van der Waals surface area contributed by atoms with E-state index in [1.54, 1.807) is 14.2 Å². The van der Waals surface area contributed by atoms with Gasteiger partial charge in [-0.25, -0.2) is 0 Å². The van der Waals surface area contributed by atoms with Crippen LogP contribution < -0.4 is 5.32 Å². The molecule has 88 valence electrons. The van der Waals surface area contributed by atoms with Crippen LogP contribution in [0.1, 0.15) is 12.8 Å². The average Bonchev–Trinajstić information content (AvgIpc) is 2.87. The fraction of sp³-hybridized carbons (Fsp3) is 1.00. The highest BCUT2D eigenvalue weighted by molar-refractivity contribution is 4.88. The number of ether oxygens (including phenoxy) is 2. The zero-order valence-electron chi connectivity index (χ0n) is 9.74. The molecule has 0 aliphatic carbocycles. The first-order valence-electron chi connectivity index (χ1n) is 5.85. The summed E-state index contributed by atoms with van der Waals surface area (Å²) in [5, 5.41) is 3.53. The van der Waals surface area contributed by atoms with Crippen molar-refractivity contribution in [2.45, 2.75) is 31.1 Å². The fourth-order valence-corrected chi connectivity index (χ4v) is 2.64. The maximum Gasteiger partial charge on any atom is 0.0971 e. The first-order valence-corrected chi connectivity index (χ1v) is 5.85. The maximum atomic E-state index is 5.42. The summed E-state index contributed by atoms with van der Waals surface area (Å²) in [4.78, 5) is 2.45. The van der Waals surface area contributed by atoms with Crippen LogP contribution in [0.15, 0.2) is 0 Å². The first kappa shape index (κ1) is 11.3. The van der Waals surface area contributed by atoms with Gasteiger partial charge in [-0.05, 0) is 19.4 Å². The summed E-state index contributed by atoms with van der Waals surface area (Å²) in [6.07, 6.45) is 3.12. The standard InChI is InChI=1S/C11H22N2O2/c1-14-10-7-13(8-11(10)15-2)6-9-4-3-5-12-9/h9-12H,3-8H2,1-2H3/t9-,10?,11?/m0/s1. The molecule has 0 aromatic carbocycles. The predicted molar refractivity (Wildman–Crippen MR) is 59.1 cm³/mol. The van der Waals surface area contributed by atoms with E-state index in [4.69, 9.17) is 9.47 Å². The Hall–Kier alpha value is -0.160. The number of rotatable bonds is 4. The van der Waals surface area contributed by atoms with Gasteiger partial charge in [0.2, 0.25) is 0 Å². The van der Waals surface area contributed by atoms with Gasteiger partial charge in [0.15, 0.2) is 0 Å². The van der Waals surface area contributed by atoms with Gasteiger partial charge in [-0.15, -0.1) is 0 Å². The lowest BCUT2D eigenvalue weighted by atomic mass is 10.2. The Kier molecular flexibility index (Phi) is 3.97. The highest BCUT2D eigenvalue weighted by Crippen LogP contribution is 2.17. The molecule has 2 rings (SSSR count). The van der Waals surface area contributed by atoms with E-state index in [0.717, 1.165) is 19.6 Å². The number of methoxy groups -OCH3 is 2. The molecule has 0 amide bonds. The van der Waals surface area contributed by atoms with Gasteiger partial charge in [-0.1, -0.05) is 0 Å². The second-order valence-corrected chi connectivity index (χ2v) is 4.56.